The molecule has 0 radical (unpaired) electrons. The first-order valence-corrected chi connectivity index (χ1v) is 12.0. The van der Waals surface area contributed by atoms with Gasteiger partial charge >= 0.3 is 0 Å². The Morgan fingerprint density at radius 3 is 2.78 bits per heavy atom. The zero-order chi connectivity index (χ0) is 22.1. The van der Waals surface area contributed by atoms with Crippen LogP contribution < -0.4 is 5.32 Å². The Labute approximate surface area is 193 Å². The standard InChI is InChI=1S/C24H19N5OS2/c1-15-5-3-8-23(26-15)29-21(16-9-10-19-22(11-16)32-14-25-19)13-20(28-29)24(30)27-17-6-4-7-18(12-17)31-2/h3-14H,1-2H3,(H,27,30). The third-order valence-corrected chi connectivity index (χ3v) is 6.50. The van der Waals surface area contributed by atoms with Crippen molar-refractivity contribution in [2.75, 3.05) is 11.6 Å². The quantitative estimate of drug-likeness (QED) is 0.336. The maximum absolute atomic E-state index is 13.1. The van der Waals surface area contributed by atoms with Crippen LogP contribution in [0.2, 0.25) is 0 Å². The summed E-state index contributed by atoms with van der Waals surface area (Å²) in [7, 11) is 0. The SMILES string of the molecule is CSc1cccc(NC(=O)c2cc(-c3ccc4ncsc4c3)n(-c3cccc(C)n3)n2)c1. The molecule has 5 aromatic rings. The number of hydrogen-bond donors (Lipinski definition) is 1. The molecule has 1 amide bonds. The van der Waals surface area contributed by atoms with Crippen LogP contribution in [0.15, 0.2) is 77.1 Å². The molecule has 0 atom stereocenters. The fourth-order valence-electron chi connectivity index (χ4n) is 3.43. The third-order valence-electron chi connectivity index (χ3n) is 4.99. The van der Waals surface area contributed by atoms with E-state index in [4.69, 9.17) is 0 Å². The van der Waals surface area contributed by atoms with Gasteiger partial charge < -0.3 is 5.32 Å². The highest BCUT2D eigenvalue weighted by molar-refractivity contribution is 7.98. The van der Waals surface area contributed by atoms with Crippen molar-refractivity contribution >= 4 is 44.9 Å². The fourth-order valence-corrected chi connectivity index (χ4v) is 4.61. The van der Waals surface area contributed by atoms with Gasteiger partial charge in [0.2, 0.25) is 0 Å². The Hall–Kier alpha value is -3.49. The average molecular weight is 458 g/mol. The minimum absolute atomic E-state index is 0.269. The van der Waals surface area contributed by atoms with Gasteiger partial charge in [-0.05, 0) is 61.7 Å². The summed E-state index contributed by atoms with van der Waals surface area (Å²) in [4.78, 5) is 23.1. The number of fused-ring (bicyclic) bond motifs is 1. The van der Waals surface area contributed by atoms with Gasteiger partial charge in [0.05, 0.1) is 21.4 Å². The van der Waals surface area contributed by atoms with E-state index in [1.165, 1.54) is 0 Å². The number of nitrogens with one attached hydrogen (secondary N) is 1. The summed E-state index contributed by atoms with van der Waals surface area (Å²) in [6, 6.07) is 21.4. The second kappa shape index (κ2) is 8.57. The Bertz CT molecular complexity index is 1440. The number of nitrogens with zero attached hydrogens (tertiary/aromatic N) is 4. The van der Waals surface area contributed by atoms with E-state index in [2.05, 4.69) is 26.4 Å². The smallest absolute Gasteiger partial charge is 0.276 e. The van der Waals surface area contributed by atoms with E-state index in [1.807, 2.05) is 73.3 Å². The predicted molar refractivity (Wildman–Crippen MR) is 131 cm³/mol. The molecule has 0 saturated heterocycles. The molecular weight excluding hydrogens is 438 g/mol. The van der Waals surface area contributed by atoms with Gasteiger partial charge in [-0.25, -0.2) is 14.6 Å². The molecule has 0 aliphatic rings. The lowest BCUT2D eigenvalue weighted by Gasteiger charge is -2.07. The number of thiazole rings is 1. The molecule has 0 fully saturated rings. The highest BCUT2D eigenvalue weighted by Gasteiger charge is 2.18. The lowest BCUT2D eigenvalue weighted by atomic mass is 10.1. The first-order valence-electron chi connectivity index (χ1n) is 9.94. The van der Waals surface area contributed by atoms with E-state index in [0.717, 1.165) is 37.8 Å². The lowest BCUT2D eigenvalue weighted by Crippen LogP contribution is -2.13. The van der Waals surface area contributed by atoms with Crippen LogP contribution in [0.3, 0.4) is 0 Å². The first kappa shape index (κ1) is 20.4. The van der Waals surface area contributed by atoms with Gasteiger partial charge in [-0.1, -0.05) is 18.2 Å². The first-order chi connectivity index (χ1) is 15.6. The summed E-state index contributed by atoms with van der Waals surface area (Å²) in [5, 5.41) is 7.59. The fraction of sp³-hybridized carbons (Fsp3) is 0.0833. The van der Waals surface area contributed by atoms with Gasteiger partial charge in [-0.3, -0.25) is 4.79 Å². The van der Waals surface area contributed by atoms with E-state index in [0.29, 0.717) is 11.5 Å². The van der Waals surface area contributed by atoms with Crippen molar-refractivity contribution in [1.82, 2.24) is 19.7 Å². The van der Waals surface area contributed by atoms with Crippen molar-refractivity contribution in [3.63, 3.8) is 0 Å². The number of thioether (sulfide) groups is 1. The number of anilines is 1. The van der Waals surface area contributed by atoms with E-state index in [-0.39, 0.29) is 5.91 Å². The zero-order valence-corrected chi connectivity index (χ0v) is 19.1. The lowest BCUT2D eigenvalue weighted by molar-refractivity contribution is 0.102. The van der Waals surface area contributed by atoms with Gasteiger partial charge in [-0.15, -0.1) is 23.1 Å². The summed E-state index contributed by atoms with van der Waals surface area (Å²) in [6.07, 6.45) is 2.00. The van der Waals surface area contributed by atoms with Crippen LogP contribution in [0.25, 0.3) is 27.3 Å². The second-order valence-corrected chi connectivity index (χ2v) is 8.95. The van der Waals surface area contributed by atoms with Crippen molar-refractivity contribution in [1.29, 1.82) is 0 Å². The van der Waals surface area contributed by atoms with E-state index in [9.17, 15) is 4.79 Å². The molecule has 32 heavy (non-hydrogen) atoms. The largest absolute Gasteiger partial charge is 0.321 e. The molecule has 8 heteroatoms. The molecule has 5 rings (SSSR count). The van der Waals surface area contributed by atoms with Crippen molar-refractivity contribution < 1.29 is 4.79 Å². The molecule has 158 valence electrons. The average Bonchev–Trinajstić information content (AvgIpc) is 3.46. The van der Waals surface area contributed by atoms with Crippen molar-refractivity contribution in [3.05, 3.63) is 83.6 Å². The highest BCUT2D eigenvalue weighted by Crippen LogP contribution is 2.29. The number of benzene rings is 2. The molecule has 1 N–H and O–H groups in total. The Kier molecular flexibility index (Phi) is 5.46. The van der Waals surface area contributed by atoms with Crippen molar-refractivity contribution in [2.45, 2.75) is 11.8 Å². The maximum atomic E-state index is 13.1. The molecule has 0 spiro atoms. The van der Waals surface area contributed by atoms with Crippen LogP contribution >= 0.6 is 23.1 Å². The van der Waals surface area contributed by atoms with Crippen molar-refractivity contribution in [2.24, 2.45) is 0 Å². The summed E-state index contributed by atoms with van der Waals surface area (Å²) < 4.78 is 2.80. The van der Waals surface area contributed by atoms with Crippen LogP contribution in [0.1, 0.15) is 16.2 Å². The number of aromatic nitrogens is 4. The number of aryl methyl sites for hydroxylation is 1. The Morgan fingerprint density at radius 2 is 1.94 bits per heavy atom. The van der Waals surface area contributed by atoms with Crippen molar-refractivity contribution in [3.8, 4) is 17.1 Å². The molecule has 0 bridgehead atoms. The van der Waals surface area contributed by atoms with E-state index in [1.54, 1.807) is 33.8 Å². The summed E-state index contributed by atoms with van der Waals surface area (Å²) in [6.45, 7) is 1.93. The number of pyridine rings is 1. The van der Waals surface area contributed by atoms with Crippen LogP contribution in [0, 0.1) is 6.92 Å². The normalized spacial score (nSPS) is 11.1. The molecule has 3 aromatic heterocycles. The van der Waals surface area contributed by atoms with Gasteiger partial charge in [-0.2, -0.15) is 5.10 Å². The van der Waals surface area contributed by atoms with Crippen LogP contribution in [-0.2, 0) is 0 Å². The second-order valence-electron chi connectivity index (χ2n) is 7.18. The molecule has 0 aliphatic carbocycles. The topological polar surface area (TPSA) is 72.7 Å². The number of carbonyl (C=O) groups is 1. The number of rotatable bonds is 5. The Balaban J connectivity index is 1.58. The molecular formula is C24H19N5OS2. The van der Waals surface area contributed by atoms with Crippen LogP contribution in [0.4, 0.5) is 5.69 Å². The van der Waals surface area contributed by atoms with Gasteiger partial charge in [0.25, 0.3) is 5.91 Å². The predicted octanol–water partition coefficient (Wildman–Crippen LogP) is 5.83. The molecule has 0 unspecified atom stereocenters. The van der Waals surface area contributed by atoms with Gasteiger partial charge in [0.1, 0.15) is 0 Å². The zero-order valence-electron chi connectivity index (χ0n) is 17.4. The van der Waals surface area contributed by atoms with Crippen LogP contribution in [0.5, 0.6) is 0 Å². The summed E-state index contributed by atoms with van der Waals surface area (Å²) >= 11 is 3.21. The van der Waals surface area contributed by atoms with Crippen LogP contribution in [-0.4, -0.2) is 31.9 Å². The Morgan fingerprint density at radius 1 is 1.06 bits per heavy atom. The molecule has 0 saturated carbocycles. The minimum atomic E-state index is -0.269. The maximum Gasteiger partial charge on any atom is 0.276 e. The summed E-state index contributed by atoms with van der Waals surface area (Å²) in [5.74, 6) is 0.391. The number of carbonyl (C=O) groups excluding carboxylic acids is 1. The molecule has 6 nitrogen and oxygen atoms in total. The number of hydrogen-bond acceptors (Lipinski definition) is 6. The third kappa shape index (κ3) is 4.02. The number of amides is 1. The molecule has 2 aromatic carbocycles. The molecule has 0 aliphatic heterocycles. The van der Waals surface area contributed by atoms with E-state index >= 15 is 0 Å². The van der Waals surface area contributed by atoms with Gasteiger partial charge in [0, 0.05) is 21.8 Å². The molecule has 3 heterocycles. The highest BCUT2D eigenvalue weighted by atomic mass is 32.2. The van der Waals surface area contributed by atoms with E-state index < -0.39 is 0 Å². The summed E-state index contributed by atoms with van der Waals surface area (Å²) in [5.41, 5.74) is 6.45. The monoisotopic (exact) mass is 457 g/mol. The minimum Gasteiger partial charge on any atom is -0.321 e. The van der Waals surface area contributed by atoms with Gasteiger partial charge in [0.15, 0.2) is 11.5 Å².